The van der Waals surface area contributed by atoms with E-state index in [9.17, 15) is 14.3 Å². The second-order valence-electron chi connectivity index (χ2n) is 3.32. The molecule has 1 aromatic carbocycles. The fourth-order valence-corrected chi connectivity index (χ4v) is 1.54. The Hall–Kier alpha value is -1.33. The van der Waals surface area contributed by atoms with Crippen LogP contribution in [0.3, 0.4) is 0 Å². The van der Waals surface area contributed by atoms with E-state index >= 15 is 0 Å². The summed E-state index contributed by atoms with van der Waals surface area (Å²) in [6, 6.07) is 1.58. The van der Waals surface area contributed by atoms with Crippen LogP contribution in [0.15, 0.2) is 12.1 Å². The lowest BCUT2D eigenvalue weighted by atomic mass is 10.0. The molecule has 88 valence electrons. The van der Waals surface area contributed by atoms with Crippen LogP contribution in [-0.2, 0) is 17.9 Å². The Bertz CT molecular complexity index is 411. The summed E-state index contributed by atoms with van der Waals surface area (Å²) in [6.07, 6.45) is -0.0331. The number of benzene rings is 1. The molecule has 1 aromatic rings. The predicted molar refractivity (Wildman–Crippen MR) is 57.2 cm³/mol. The lowest BCUT2D eigenvalue weighted by Gasteiger charge is -2.12. The van der Waals surface area contributed by atoms with E-state index in [2.05, 4.69) is 0 Å². The highest BCUT2D eigenvalue weighted by Crippen LogP contribution is 2.30. The number of rotatable bonds is 4. The number of alkyl halides is 1. The summed E-state index contributed by atoms with van der Waals surface area (Å²) >= 11 is 5.68. The van der Waals surface area contributed by atoms with Crippen LogP contribution < -0.4 is 5.73 Å². The molecule has 0 bridgehead atoms. The largest absolute Gasteiger partial charge is 0.506 e. The Morgan fingerprint density at radius 1 is 1.56 bits per heavy atom. The minimum atomic E-state index is -1.17. The van der Waals surface area contributed by atoms with Crippen LogP contribution in [0.2, 0.25) is 5.02 Å². The Balaban J connectivity index is 3.05. The smallest absolute Gasteiger partial charge is 0.320 e. The highest BCUT2D eigenvalue weighted by molar-refractivity contribution is 6.32. The molecule has 4 nitrogen and oxygen atoms in total. The van der Waals surface area contributed by atoms with Crippen molar-refractivity contribution in [2.75, 3.05) is 0 Å². The van der Waals surface area contributed by atoms with Crippen LogP contribution in [0.5, 0.6) is 5.75 Å². The highest BCUT2D eigenvalue weighted by Gasteiger charge is 2.17. The van der Waals surface area contributed by atoms with E-state index in [0.29, 0.717) is 5.56 Å². The molecular weight excluding hydrogens is 237 g/mol. The molecule has 1 rings (SSSR count). The minimum Gasteiger partial charge on any atom is -0.506 e. The van der Waals surface area contributed by atoms with Crippen LogP contribution in [-0.4, -0.2) is 22.2 Å². The van der Waals surface area contributed by atoms with Gasteiger partial charge in [-0.15, -0.1) is 0 Å². The normalized spacial score (nSPS) is 12.4. The number of phenolic OH excluding ortho intramolecular Hbond substituents is 1. The Morgan fingerprint density at radius 2 is 2.19 bits per heavy atom. The molecule has 0 amide bonds. The minimum absolute atomic E-state index is 0.0331. The van der Waals surface area contributed by atoms with Gasteiger partial charge in [0.15, 0.2) is 0 Å². The molecule has 0 aliphatic heterocycles. The second kappa shape index (κ2) is 5.14. The third-order valence-corrected chi connectivity index (χ3v) is 2.63. The van der Waals surface area contributed by atoms with Crippen molar-refractivity contribution < 1.29 is 19.4 Å². The van der Waals surface area contributed by atoms with Gasteiger partial charge in [0.2, 0.25) is 0 Å². The van der Waals surface area contributed by atoms with Crippen LogP contribution >= 0.6 is 11.6 Å². The summed E-state index contributed by atoms with van der Waals surface area (Å²) < 4.78 is 12.7. The van der Waals surface area contributed by atoms with Gasteiger partial charge in [0.25, 0.3) is 0 Å². The van der Waals surface area contributed by atoms with Crippen molar-refractivity contribution in [3.63, 3.8) is 0 Å². The molecule has 16 heavy (non-hydrogen) atoms. The summed E-state index contributed by atoms with van der Waals surface area (Å²) in [7, 11) is 0. The van der Waals surface area contributed by atoms with E-state index in [0.717, 1.165) is 0 Å². The molecule has 0 spiro atoms. The Kier molecular flexibility index (Phi) is 4.09. The summed E-state index contributed by atoms with van der Waals surface area (Å²) in [4.78, 5) is 10.6. The maximum Gasteiger partial charge on any atom is 0.320 e. The second-order valence-corrected chi connectivity index (χ2v) is 3.70. The predicted octanol–water partition coefficient (Wildman–Crippen LogP) is 1.47. The number of nitrogens with two attached hydrogens (primary N) is 1. The monoisotopic (exact) mass is 247 g/mol. The van der Waals surface area contributed by atoms with E-state index in [1.54, 1.807) is 0 Å². The molecule has 0 radical (unpaired) electrons. The molecule has 0 aliphatic rings. The van der Waals surface area contributed by atoms with Crippen LogP contribution in [0.4, 0.5) is 4.39 Å². The number of aliphatic carboxylic acids is 1. The van der Waals surface area contributed by atoms with Crippen molar-refractivity contribution in [3.05, 3.63) is 28.3 Å². The molecule has 4 N–H and O–H groups in total. The van der Waals surface area contributed by atoms with E-state index in [4.69, 9.17) is 22.4 Å². The maximum absolute atomic E-state index is 12.7. The van der Waals surface area contributed by atoms with Crippen molar-refractivity contribution in [3.8, 4) is 5.75 Å². The number of phenols is 1. The van der Waals surface area contributed by atoms with Crippen LogP contribution in [0.25, 0.3) is 0 Å². The van der Waals surface area contributed by atoms with Gasteiger partial charge in [-0.2, -0.15) is 0 Å². The number of carbonyl (C=O) groups is 1. The van der Waals surface area contributed by atoms with Gasteiger partial charge in [-0.3, -0.25) is 4.79 Å². The lowest BCUT2D eigenvalue weighted by molar-refractivity contribution is -0.138. The number of hydrogen-bond acceptors (Lipinski definition) is 3. The molecule has 0 fully saturated rings. The Morgan fingerprint density at radius 3 is 2.69 bits per heavy atom. The molecule has 0 aromatic heterocycles. The summed E-state index contributed by atoms with van der Waals surface area (Å²) in [5, 5.41) is 17.8. The molecule has 6 heteroatoms. The van der Waals surface area contributed by atoms with Gasteiger partial charge >= 0.3 is 5.97 Å². The van der Waals surface area contributed by atoms with E-state index in [-0.39, 0.29) is 22.8 Å². The first-order chi connectivity index (χ1) is 7.47. The number of aromatic hydroxyl groups is 1. The SMILES string of the molecule is N[C@@H](Cc1ccc(O)c(Cl)c1CF)C(=O)O. The molecule has 0 heterocycles. The molecule has 1 atom stereocenters. The third-order valence-electron chi connectivity index (χ3n) is 2.21. The van der Waals surface area contributed by atoms with Gasteiger partial charge in [-0.25, -0.2) is 4.39 Å². The van der Waals surface area contributed by atoms with Crippen molar-refractivity contribution in [2.24, 2.45) is 5.73 Å². The quantitative estimate of drug-likeness (QED) is 0.752. The van der Waals surface area contributed by atoms with Crippen molar-refractivity contribution >= 4 is 17.6 Å². The maximum atomic E-state index is 12.7. The number of halogens is 2. The molecule has 0 aliphatic carbocycles. The number of hydrogen-bond donors (Lipinski definition) is 3. The van der Waals surface area contributed by atoms with E-state index in [1.165, 1.54) is 12.1 Å². The van der Waals surface area contributed by atoms with Gasteiger partial charge in [0.05, 0.1) is 5.02 Å². The van der Waals surface area contributed by atoms with Crippen molar-refractivity contribution in [1.29, 1.82) is 0 Å². The van der Waals surface area contributed by atoms with Crippen LogP contribution in [0.1, 0.15) is 11.1 Å². The zero-order valence-electron chi connectivity index (χ0n) is 8.28. The van der Waals surface area contributed by atoms with Crippen molar-refractivity contribution in [1.82, 2.24) is 0 Å². The topological polar surface area (TPSA) is 83.5 Å². The van der Waals surface area contributed by atoms with Gasteiger partial charge in [-0.1, -0.05) is 17.7 Å². The summed E-state index contributed by atoms with van der Waals surface area (Å²) in [5.74, 6) is -1.41. The number of carboxylic acid groups (broad SMARTS) is 1. The average Bonchev–Trinajstić information content (AvgIpc) is 2.23. The lowest BCUT2D eigenvalue weighted by Crippen LogP contribution is -2.32. The molecule has 0 unspecified atom stereocenters. The zero-order valence-corrected chi connectivity index (χ0v) is 9.04. The van der Waals surface area contributed by atoms with Crippen LogP contribution in [0, 0.1) is 0 Å². The highest BCUT2D eigenvalue weighted by atomic mass is 35.5. The molecule has 0 saturated carbocycles. The van der Waals surface area contributed by atoms with Gasteiger partial charge in [-0.05, 0) is 18.1 Å². The summed E-state index contributed by atoms with van der Waals surface area (Å²) in [6.45, 7) is -0.880. The molecule has 0 saturated heterocycles. The standard InChI is InChI=1S/C10H11ClFNO3/c11-9-6(4-12)5(1-2-8(9)14)3-7(13)10(15)16/h1-2,7,14H,3-4,13H2,(H,15,16)/t7-/m0/s1. The van der Waals surface area contributed by atoms with E-state index < -0.39 is 18.7 Å². The average molecular weight is 248 g/mol. The molecular formula is C10H11ClFNO3. The third kappa shape index (κ3) is 2.62. The number of carboxylic acids is 1. The van der Waals surface area contributed by atoms with Gasteiger partial charge < -0.3 is 15.9 Å². The fourth-order valence-electron chi connectivity index (χ4n) is 1.31. The fraction of sp³-hybridized carbons (Fsp3) is 0.300. The Labute approximate surface area is 96.4 Å². The van der Waals surface area contributed by atoms with E-state index in [1.807, 2.05) is 0 Å². The van der Waals surface area contributed by atoms with Gasteiger partial charge in [0.1, 0.15) is 18.5 Å². The summed E-state index contributed by atoms with van der Waals surface area (Å²) in [5.41, 5.74) is 5.80. The first-order valence-electron chi connectivity index (χ1n) is 4.51. The first kappa shape index (κ1) is 12.7. The first-order valence-corrected chi connectivity index (χ1v) is 4.88. The van der Waals surface area contributed by atoms with Gasteiger partial charge in [0, 0.05) is 5.56 Å². The zero-order chi connectivity index (χ0) is 12.3. The van der Waals surface area contributed by atoms with Crippen molar-refractivity contribution in [2.45, 2.75) is 19.1 Å².